The summed E-state index contributed by atoms with van der Waals surface area (Å²) in [5.74, 6) is -2.03. The predicted molar refractivity (Wildman–Crippen MR) is 219 cm³/mol. The molecule has 0 aliphatic rings. The highest BCUT2D eigenvalue weighted by molar-refractivity contribution is 5.76. The molecule has 14 nitrogen and oxygen atoms in total. The number of esters is 5. The van der Waals surface area contributed by atoms with Crippen LogP contribution in [0.15, 0.2) is 24.3 Å². The molecule has 0 saturated heterocycles. The monoisotopic (exact) mass is 808 g/mol. The zero-order chi connectivity index (χ0) is 44.0. The Labute approximate surface area is 342 Å². The fourth-order valence-corrected chi connectivity index (χ4v) is 5.62. The molecule has 0 aliphatic heterocycles. The molecule has 0 N–H and O–H groups in total. The van der Waals surface area contributed by atoms with E-state index in [0.717, 1.165) is 5.56 Å². The Bertz CT molecular complexity index is 1400. The van der Waals surface area contributed by atoms with E-state index in [1.807, 2.05) is 36.1 Å². The zero-order valence-corrected chi connectivity index (χ0v) is 37.8. The molecule has 0 bridgehead atoms. The van der Waals surface area contributed by atoms with Gasteiger partial charge in [-0.2, -0.15) is 0 Å². The van der Waals surface area contributed by atoms with Crippen LogP contribution in [0.3, 0.4) is 0 Å². The first-order valence-corrected chi connectivity index (χ1v) is 19.8. The van der Waals surface area contributed by atoms with E-state index in [9.17, 15) is 24.0 Å². The lowest BCUT2D eigenvalue weighted by Crippen LogP contribution is -2.52. The highest BCUT2D eigenvalue weighted by Crippen LogP contribution is 2.23. The Morgan fingerprint density at radius 2 is 0.842 bits per heavy atom. The van der Waals surface area contributed by atoms with Crippen LogP contribution in [0.5, 0.6) is 5.75 Å². The summed E-state index contributed by atoms with van der Waals surface area (Å²) in [6, 6.07) is 6.91. The van der Waals surface area contributed by atoms with Crippen LogP contribution in [0.2, 0.25) is 0 Å². The predicted octanol–water partition coefficient (Wildman–Crippen LogP) is 5.61. The third-order valence-electron chi connectivity index (χ3n) is 7.27. The quantitative estimate of drug-likeness (QED) is 0.119. The Hall–Kier alpha value is -3.75. The summed E-state index contributed by atoms with van der Waals surface area (Å²) in [6.45, 7) is 28.1. The molecule has 57 heavy (non-hydrogen) atoms. The number of rotatable bonds is 20. The topological polar surface area (TPSA) is 150 Å². The molecule has 0 aromatic heterocycles. The summed E-state index contributed by atoms with van der Waals surface area (Å²) < 4.78 is 34.3. The lowest BCUT2D eigenvalue weighted by atomic mass is 10.0. The number of hydrogen-bond acceptors (Lipinski definition) is 14. The molecule has 0 radical (unpaired) electrons. The summed E-state index contributed by atoms with van der Waals surface area (Å²) in [6.07, 6.45) is 0.298. The zero-order valence-electron chi connectivity index (χ0n) is 37.8. The fraction of sp³-hybridized carbons (Fsp3) is 0.744. The van der Waals surface area contributed by atoms with E-state index in [1.54, 1.807) is 114 Å². The van der Waals surface area contributed by atoms with Gasteiger partial charge in [0.05, 0.1) is 39.3 Å². The van der Waals surface area contributed by atoms with Crippen LogP contribution in [-0.2, 0) is 54.1 Å². The van der Waals surface area contributed by atoms with Gasteiger partial charge in [-0.3, -0.25) is 38.7 Å². The normalized spacial score (nSPS) is 13.3. The van der Waals surface area contributed by atoms with Crippen molar-refractivity contribution in [3.63, 3.8) is 0 Å². The minimum atomic E-state index is -0.791. The second-order valence-electron chi connectivity index (χ2n) is 19.2. The molecule has 0 heterocycles. The van der Waals surface area contributed by atoms with Crippen molar-refractivity contribution < 1.29 is 52.4 Å². The van der Waals surface area contributed by atoms with Crippen molar-refractivity contribution in [3.8, 4) is 5.75 Å². The largest absolute Gasteiger partial charge is 0.494 e. The Balaban J connectivity index is 3.81. The van der Waals surface area contributed by atoms with Crippen molar-refractivity contribution >= 4 is 29.8 Å². The number of para-hydroxylation sites is 1. The van der Waals surface area contributed by atoms with Crippen LogP contribution in [-0.4, -0.2) is 138 Å². The number of ether oxygens (including phenoxy) is 6. The van der Waals surface area contributed by atoms with E-state index in [2.05, 4.69) is 0 Å². The van der Waals surface area contributed by atoms with E-state index in [0.29, 0.717) is 18.8 Å². The highest BCUT2D eigenvalue weighted by Gasteiger charge is 2.32. The van der Waals surface area contributed by atoms with Crippen molar-refractivity contribution in [2.75, 3.05) is 59.0 Å². The third kappa shape index (κ3) is 25.3. The van der Waals surface area contributed by atoms with Crippen LogP contribution >= 0.6 is 0 Å². The number of carbonyl (C=O) groups excluding carboxylic acids is 5. The van der Waals surface area contributed by atoms with E-state index < -0.39 is 63.9 Å². The molecule has 0 spiro atoms. The summed E-state index contributed by atoms with van der Waals surface area (Å²) in [5.41, 5.74) is -3.06. The van der Waals surface area contributed by atoms with Crippen molar-refractivity contribution in [3.05, 3.63) is 29.8 Å². The SMILES string of the molecule is CCOc1ccccc1CC(CN(CCN(CC(=O)OC(C)(C)C)CC(=O)OC(C)(C)C)CC(=O)OC(C)(C)C)N(CC(=O)OC(C)(C)C)CC(=O)OC(C)(C)C. The molecule has 1 rings (SSSR count). The van der Waals surface area contributed by atoms with E-state index in [1.165, 1.54) is 0 Å². The molecule has 1 aromatic rings. The number of hydrogen-bond donors (Lipinski definition) is 0. The maximum Gasteiger partial charge on any atom is 0.320 e. The van der Waals surface area contributed by atoms with Crippen LogP contribution in [0, 0.1) is 0 Å². The lowest BCUT2D eigenvalue weighted by molar-refractivity contribution is -0.162. The van der Waals surface area contributed by atoms with Gasteiger partial charge in [-0.15, -0.1) is 0 Å². The van der Waals surface area contributed by atoms with Crippen LogP contribution in [0.1, 0.15) is 116 Å². The highest BCUT2D eigenvalue weighted by atomic mass is 16.6. The minimum absolute atomic E-state index is 0.137. The van der Waals surface area contributed by atoms with Crippen molar-refractivity contribution in [2.45, 2.75) is 151 Å². The molecular weight excluding hydrogens is 734 g/mol. The molecule has 326 valence electrons. The average Bonchev–Trinajstić information content (AvgIpc) is 2.95. The van der Waals surface area contributed by atoms with Crippen molar-refractivity contribution in [1.29, 1.82) is 0 Å². The van der Waals surface area contributed by atoms with E-state index in [4.69, 9.17) is 28.4 Å². The van der Waals surface area contributed by atoms with Crippen LogP contribution in [0.25, 0.3) is 0 Å². The first kappa shape index (κ1) is 51.3. The summed E-state index contributed by atoms with van der Waals surface area (Å²) in [7, 11) is 0. The van der Waals surface area contributed by atoms with Gasteiger partial charge in [0.1, 0.15) is 33.8 Å². The standard InChI is InChI=1S/C43H73N3O11/c1-17-52-33-21-19-18-20-31(33)24-32(46(29-37(50)56-42(11,12)13)30-38(51)57-43(14,15)16)25-44(26-34(47)53-39(2,3)4)22-23-45(27-35(48)54-40(5,6)7)28-36(49)55-41(8,9)10/h18-21,32H,17,22-30H2,1-16H3. The molecule has 14 heteroatoms. The summed E-state index contributed by atoms with van der Waals surface area (Å²) >= 11 is 0. The third-order valence-corrected chi connectivity index (χ3v) is 7.27. The molecule has 0 amide bonds. The van der Waals surface area contributed by atoms with Gasteiger partial charge in [0, 0.05) is 25.7 Å². The molecule has 1 unspecified atom stereocenters. The lowest BCUT2D eigenvalue weighted by Gasteiger charge is -2.36. The molecule has 0 fully saturated rings. The Morgan fingerprint density at radius 3 is 1.21 bits per heavy atom. The molecule has 1 aromatic carbocycles. The van der Waals surface area contributed by atoms with Crippen LogP contribution in [0.4, 0.5) is 0 Å². The first-order chi connectivity index (χ1) is 25.8. The molecule has 0 saturated carbocycles. The van der Waals surface area contributed by atoms with E-state index in [-0.39, 0.29) is 52.4 Å². The fourth-order valence-electron chi connectivity index (χ4n) is 5.62. The van der Waals surface area contributed by atoms with Gasteiger partial charge in [0.15, 0.2) is 0 Å². The van der Waals surface area contributed by atoms with Gasteiger partial charge < -0.3 is 28.4 Å². The van der Waals surface area contributed by atoms with Gasteiger partial charge in [-0.05, 0) is 129 Å². The van der Waals surface area contributed by atoms with Gasteiger partial charge >= 0.3 is 29.8 Å². The second-order valence-corrected chi connectivity index (χ2v) is 19.2. The van der Waals surface area contributed by atoms with Crippen molar-refractivity contribution in [1.82, 2.24) is 14.7 Å². The number of nitrogens with zero attached hydrogens (tertiary/aromatic N) is 3. The maximum atomic E-state index is 13.5. The molecular formula is C43H73N3O11. The second kappa shape index (κ2) is 21.9. The van der Waals surface area contributed by atoms with Gasteiger partial charge in [-0.1, -0.05) is 18.2 Å². The number of benzene rings is 1. The van der Waals surface area contributed by atoms with Gasteiger partial charge in [0.2, 0.25) is 0 Å². The van der Waals surface area contributed by atoms with Gasteiger partial charge in [-0.25, -0.2) is 0 Å². The molecule has 0 aliphatic carbocycles. The van der Waals surface area contributed by atoms with Crippen LogP contribution < -0.4 is 4.74 Å². The van der Waals surface area contributed by atoms with Gasteiger partial charge in [0.25, 0.3) is 0 Å². The maximum absolute atomic E-state index is 13.5. The summed E-state index contributed by atoms with van der Waals surface area (Å²) in [4.78, 5) is 71.7. The van der Waals surface area contributed by atoms with Crippen molar-refractivity contribution in [2.24, 2.45) is 0 Å². The average molecular weight is 808 g/mol. The molecule has 1 atom stereocenters. The minimum Gasteiger partial charge on any atom is -0.494 e. The number of carbonyl (C=O) groups is 5. The Morgan fingerprint density at radius 1 is 0.509 bits per heavy atom. The Kier molecular flexibility index (Phi) is 19.7. The summed E-state index contributed by atoms with van der Waals surface area (Å²) in [5, 5.41) is 0. The van der Waals surface area contributed by atoms with E-state index >= 15 is 0 Å². The smallest absolute Gasteiger partial charge is 0.320 e. The first-order valence-electron chi connectivity index (χ1n) is 19.8.